The molecule has 3 atom stereocenters. The molecule has 0 saturated carbocycles. The van der Waals surface area contributed by atoms with Crippen LogP contribution in [0.4, 0.5) is 0 Å². The summed E-state index contributed by atoms with van der Waals surface area (Å²) in [4.78, 5) is 12.2. The van der Waals surface area contributed by atoms with Crippen molar-refractivity contribution in [3.8, 4) is 0 Å². The van der Waals surface area contributed by atoms with Crippen LogP contribution in [0.1, 0.15) is 43.7 Å². The summed E-state index contributed by atoms with van der Waals surface area (Å²) in [5.41, 5.74) is 2.56. The van der Waals surface area contributed by atoms with E-state index in [0.29, 0.717) is 12.0 Å². The second kappa shape index (κ2) is 6.89. The Morgan fingerprint density at radius 3 is 2.75 bits per heavy atom. The smallest absolute Gasteiger partial charge is 0.223 e. The molecule has 2 N–H and O–H groups in total. The van der Waals surface area contributed by atoms with E-state index < -0.39 is 0 Å². The number of hydrogen-bond donors (Lipinski definition) is 2. The minimum Gasteiger partial charge on any atom is -0.355 e. The van der Waals surface area contributed by atoms with Crippen LogP contribution in [0.5, 0.6) is 0 Å². The fourth-order valence-corrected chi connectivity index (χ4v) is 2.78. The van der Waals surface area contributed by atoms with Crippen LogP contribution in [0.25, 0.3) is 0 Å². The number of benzene rings is 1. The number of rotatable bonds is 4. The van der Waals surface area contributed by atoms with E-state index in [1.165, 1.54) is 11.1 Å². The lowest BCUT2D eigenvalue weighted by Crippen LogP contribution is -2.43. The highest BCUT2D eigenvalue weighted by Crippen LogP contribution is 2.18. The summed E-state index contributed by atoms with van der Waals surface area (Å²) in [5, 5.41) is 6.50. The Bertz CT molecular complexity index is 441. The molecule has 1 heterocycles. The molecule has 1 unspecified atom stereocenters. The third kappa shape index (κ3) is 4.07. The number of hydrogen-bond acceptors (Lipinski definition) is 2. The van der Waals surface area contributed by atoms with Crippen molar-refractivity contribution in [1.82, 2.24) is 10.6 Å². The Balaban J connectivity index is 1.82. The largest absolute Gasteiger partial charge is 0.355 e. The van der Waals surface area contributed by atoms with Gasteiger partial charge in [-0.3, -0.25) is 4.79 Å². The highest BCUT2D eigenvalue weighted by Gasteiger charge is 2.24. The number of amides is 1. The van der Waals surface area contributed by atoms with Gasteiger partial charge in [-0.2, -0.15) is 0 Å². The van der Waals surface area contributed by atoms with Crippen molar-refractivity contribution in [2.75, 3.05) is 13.1 Å². The van der Waals surface area contributed by atoms with Gasteiger partial charge in [-0.25, -0.2) is 0 Å². The topological polar surface area (TPSA) is 41.1 Å². The monoisotopic (exact) mass is 274 g/mol. The third-order valence-electron chi connectivity index (χ3n) is 4.22. The second-order valence-electron chi connectivity index (χ2n) is 6.13. The van der Waals surface area contributed by atoms with Gasteiger partial charge < -0.3 is 10.6 Å². The predicted octanol–water partition coefficient (Wildman–Crippen LogP) is 2.60. The van der Waals surface area contributed by atoms with Crippen LogP contribution in [-0.4, -0.2) is 25.0 Å². The summed E-state index contributed by atoms with van der Waals surface area (Å²) in [7, 11) is 0. The molecule has 0 bridgehead atoms. The van der Waals surface area contributed by atoms with Crippen LogP contribution in [0.15, 0.2) is 24.3 Å². The van der Waals surface area contributed by atoms with Gasteiger partial charge >= 0.3 is 0 Å². The zero-order valence-electron chi connectivity index (χ0n) is 12.8. The first-order valence-electron chi connectivity index (χ1n) is 7.64. The molecule has 2 rings (SSSR count). The fourth-order valence-electron chi connectivity index (χ4n) is 2.78. The Kier molecular flexibility index (Phi) is 5.18. The van der Waals surface area contributed by atoms with Gasteiger partial charge in [0.05, 0.1) is 0 Å². The molecule has 0 aromatic heterocycles. The molecular weight excluding hydrogens is 248 g/mol. The first kappa shape index (κ1) is 15.0. The molecule has 110 valence electrons. The van der Waals surface area contributed by atoms with Crippen molar-refractivity contribution in [2.24, 2.45) is 5.92 Å². The summed E-state index contributed by atoms with van der Waals surface area (Å²) in [6.45, 7) is 8.08. The van der Waals surface area contributed by atoms with Gasteiger partial charge in [0, 0.05) is 18.5 Å². The molecular formula is C17H26N2O. The van der Waals surface area contributed by atoms with Gasteiger partial charge in [0.25, 0.3) is 0 Å². The zero-order chi connectivity index (χ0) is 14.5. The molecule has 0 spiro atoms. The number of carbonyl (C=O) groups is 1. The fraction of sp³-hybridized carbons (Fsp3) is 0.588. The molecule has 1 aromatic carbocycles. The third-order valence-corrected chi connectivity index (χ3v) is 4.22. The maximum atomic E-state index is 12.2. The van der Waals surface area contributed by atoms with Gasteiger partial charge in [0.1, 0.15) is 0 Å². The van der Waals surface area contributed by atoms with E-state index in [0.717, 1.165) is 25.9 Å². The molecule has 1 fully saturated rings. The highest BCUT2D eigenvalue weighted by molar-refractivity contribution is 5.78. The van der Waals surface area contributed by atoms with Crippen molar-refractivity contribution in [2.45, 2.75) is 45.6 Å². The molecule has 20 heavy (non-hydrogen) atoms. The van der Waals surface area contributed by atoms with E-state index in [2.05, 4.69) is 55.7 Å². The summed E-state index contributed by atoms with van der Waals surface area (Å²) in [6, 6.07) is 9.01. The number of carbonyl (C=O) groups excluding carboxylic acids is 1. The number of piperidine rings is 1. The van der Waals surface area contributed by atoms with Gasteiger partial charge in [-0.05, 0) is 44.7 Å². The van der Waals surface area contributed by atoms with Crippen LogP contribution in [-0.2, 0) is 4.79 Å². The molecule has 1 saturated heterocycles. The summed E-state index contributed by atoms with van der Waals surface area (Å²) < 4.78 is 0. The standard InChI is InChI=1S/C17H26N2O/c1-12-4-6-15(7-5-12)13(2)11-19-17(20)16-8-9-18-14(3)10-16/h4-7,13-14,16,18H,8-11H2,1-3H3,(H,19,20)/t13?,14-,16-/m0/s1. The molecule has 1 aliphatic rings. The quantitative estimate of drug-likeness (QED) is 0.886. The Morgan fingerprint density at radius 1 is 1.40 bits per heavy atom. The average molecular weight is 274 g/mol. The van der Waals surface area contributed by atoms with Gasteiger partial charge in [0.15, 0.2) is 0 Å². The lowest BCUT2D eigenvalue weighted by atomic mass is 9.92. The SMILES string of the molecule is Cc1ccc(C(C)CNC(=O)[C@H]2CCN[C@@H](C)C2)cc1. The van der Waals surface area contributed by atoms with Crippen LogP contribution in [0.3, 0.4) is 0 Å². The van der Waals surface area contributed by atoms with Gasteiger partial charge in [-0.1, -0.05) is 36.8 Å². The van der Waals surface area contributed by atoms with Crippen LogP contribution in [0.2, 0.25) is 0 Å². The van der Waals surface area contributed by atoms with Crippen molar-refractivity contribution in [3.63, 3.8) is 0 Å². The van der Waals surface area contributed by atoms with Crippen LogP contribution >= 0.6 is 0 Å². The van der Waals surface area contributed by atoms with E-state index in [9.17, 15) is 4.79 Å². The Morgan fingerprint density at radius 2 is 2.10 bits per heavy atom. The first-order valence-corrected chi connectivity index (χ1v) is 7.64. The molecule has 3 nitrogen and oxygen atoms in total. The normalized spacial score (nSPS) is 24.1. The lowest BCUT2D eigenvalue weighted by Gasteiger charge is -2.27. The van der Waals surface area contributed by atoms with Crippen molar-refractivity contribution >= 4 is 5.91 Å². The molecule has 1 aliphatic heterocycles. The van der Waals surface area contributed by atoms with Gasteiger partial charge in [-0.15, -0.1) is 0 Å². The van der Waals surface area contributed by atoms with Crippen molar-refractivity contribution < 1.29 is 4.79 Å². The van der Waals surface area contributed by atoms with E-state index in [-0.39, 0.29) is 11.8 Å². The lowest BCUT2D eigenvalue weighted by molar-refractivity contribution is -0.126. The van der Waals surface area contributed by atoms with E-state index in [1.807, 2.05) is 0 Å². The van der Waals surface area contributed by atoms with Crippen molar-refractivity contribution in [1.29, 1.82) is 0 Å². The predicted molar refractivity (Wildman–Crippen MR) is 82.8 cm³/mol. The minimum absolute atomic E-state index is 0.177. The van der Waals surface area contributed by atoms with Crippen LogP contribution < -0.4 is 10.6 Å². The maximum absolute atomic E-state index is 12.2. The summed E-state index contributed by atoms with van der Waals surface area (Å²) in [5.74, 6) is 0.757. The summed E-state index contributed by atoms with van der Waals surface area (Å²) >= 11 is 0. The molecule has 1 aromatic rings. The maximum Gasteiger partial charge on any atom is 0.223 e. The van der Waals surface area contributed by atoms with E-state index in [4.69, 9.17) is 0 Å². The number of aryl methyl sites for hydroxylation is 1. The van der Waals surface area contributed by atoms with E-state index in [1.54, 1.807) is 0 Å². The average Bonchev–Trinajstić information content (AvgIpc) is 2.45. The van der Waals surface area contributed by atoms with Crippen LogP contribution in [0, 0.1) is 12.8 Å². The first-order chi connectivity index (χ1) is 9.56. The number of nitrogens with one attached hydrogen (secondary N) is 2. The van der Waals surface area contributed by atoms with E-state index >= 15 is 0 Å². The molecule has 1 amide bonds. The Labute approximate surface area is 122 Å². The second-order valence-corrected chi connectivity index (χ2v) is 6.13. The van der Waals surface area contributed by atoms with Gasteiger partial charge in [0.2, 0.25) is 5.91 Å². The minimum atomic E-state index is 0.177. The Hall–Kier alpha value is -1.35. The van der Waals surface area contributed by atoms with Crippen molar-refractivity contribution in [3.05, 3.63) is 35.4 Å². The molecule has 3 heteroatoms. The molecule has 0 radical (unpaired) electrons. The summed E-state index contributed by atoms with van der Waals surface area (Å²) in [6.07, 6.45) is 1.90. The molecule has 0 aliphatic carbocycles. The highest BCUT2D eigenvalue weighted by atomic mass is 16.1. The zero-order valence-corrected chi connectivity index (χ0v) is 12.8.